The maximum Gasteiger partial charge on any atom is 0.123 e. The van der Waals surface area contributed by atoms with E-state index in [1.165, 1.54) is 24.8 Å². The monoisotopic (exact) mass is 292 g/mol. The predicted molar refractivity (Wildman–Crippen MR) is 85.8 cm³/mol. The van der Waals surface area contributed by atoms with Gasteiger partial charge in [-0.1, -0.05) is 18.2 Å². The minimum atomic E-state index is 0.403. The Kier molecular flexibility index (Phi) is 7.00. The molecule has 1 heterocycles. The molecule has 0 aromatic heterocycles. The second kappa shape index (κ2) is 9.03. The molecule has 4 heteroatoms. The number of nitrogens with zero attached hydrogens (tertiary/aromatic N) is 1. The van der Waals surface area contributed by atoms with Gasteiger partial charge in [-0.05, 0) is 39.4 Å². The van der Waals surface area contributed by atoms with Crippen LogP contribution in [0.25, 0.3) is 0 Å². The molecule has 0 spiro atoms. The van der Waals surface area contributed by atoms with Crippen molar-refractivity contribution in [3.05, 3.63) is 29.8 Å². The fourth-order valence-corrected chi connectivity index (χ4v) is 2.68. The first-order chi connectivity index (χ1) is 10.3. The van der Waals surface area contributed by atoms with Gasteiger partial charge in [0.15, 0.2) is 0 Å². The van der Waals surface area contributed by atoms with Crippen molar-refractivity contribution < 1.29 is 9.47 Å². The largest absolute Gasteiger partial charge is 0.492 e. The molecule has 1 aromatic rings. The maximum atomic E-state index is 5.93. The Morgan fingerprint density at radius 2 is 2.19 bits per heavy atom. The van der Waals surface area contributed by atoms with Crippen LogP contribution in [0, 0.1) is 0 Å². The Bertz CT molecular complexity index is 406. The Balaban J connectivity index is 1.70. The van der Waals surface area contributed by atoms with Crippen LogP contribution in [0.1, 0.15) is 24.8 Å². The van der Waals surface area contributed by atoms with Gasteiger partial charge in [0.05, 0.1) is 6.10 Å². The highest BCUT2D eigenvalue weighted by molar-refractivity contribution is 5.33. The zero-order chi connectivity index (χ0) is 14.9. The van der Waals surface area contributed by atoms with Gasteiger partial charge in [-0.15, -0.1) is 0 Å². The van der Waals surface area contributed by atoms with Crippen LogP contribution in [0.5, 0.6) is 5.75 Å². The highest BCUT2D eigenvalue weighted by Crippen LogP contribution is 2.17. The third-order valence-corrected chi connectivity index (χ3v) is 3.86. The van der Waals surface area contributed by atoms with Crippen molar-refractivity contribution in [2.45, 2.75) is 31.9 Å². The fraction of sp³-hybridized carbons (Fsp3) is 0.647. The summed E-state index contributed by atoms with van der Waals surface area (Å²) in [4.78, 5) is 2.30. The summed E-state index contributed by atoms with van der Waals surface area (Å²) in [7, 11) is 4.09. The zero-order valence-electron chi connectivity index (χ0n) is 13.3. The van der Waals surface area contributed by atoms with Crippen molar-refractivity contribution in [2.24, 2.45) is 0 Å². The van der Waals surface area contributed by atoms with Gasteiger partial charge in [0, 0.05) is 31.8 Å². The third-order valence-electron chi connectivity index (χ3n) is 3.86. The number of ether oxygens (including phenoxy) is 2. The van der Waals surface area contributed by atoms with Crippen LogP contribution in [0.15, 0.2) is 24.3 Å². The highest BCUT2D eigenvalue weighted by atomic mass is 16.5. The summed E-state index contributed by atoms with van der Waals surface area (Å²) in [6.45, 7) is 4.40. The van der Waals surface area contributed by atoms with E-state index in [0.717, 1.165) is 32.0 Å². The number of hydrogen-bond acceptors (Lipinski definition) is 4. The van der Waals surface area contributed by atoms with E-state index in [4.69, 9.17) is 9.47 Å². The molecule has 1 fully saturated rings. The smallest absolute Gasteiger partial charge is 0.123 e. The molecule has 0 aliphatic carbocycles. The van der Waals surface area contributed by atoms with Crippen LogP contribution in [-0.2, 0) is 11.3 Å². The summed E-state index contributed by atoms with van der Waals surface area (Å²) in [5, 5.41) is 3.17. The lowest BCUT2D eigenvalue weighted by atomic mass is 10.1. The molecule has 118 valence electrons. The molecule has 1 aliphatic heterocycles. The number of likely N-dealkylation sites (N-methyl/N-ethyl adjacent to an activating group) is 1. The zero-order valence-corrected chi connectivity index (χ0v) is 13.3. The second-order valence-corrected chi connectivity index (χ2v) is 5.74. The molecule has 2 rings (SSSR count). The summed E-state index contributed by atoms with van der Waals surface area (Å²) < 4.78 is 11.7. The standard InChI is InChI=1S/C17H28N2O2/c1-18-13-15-7-3-4-9-17(15)21-12-10-19(2)14-16-8-5-6-11-20-16/h3-4,7,9,16,18H,5-6,8,10-14H2,1-2H3. The molecule has 0 amide bonds. The van der Waals surface area contributed by atoms with Gasteiger partial charge in [-0.3, -0.25) is 0 Å². The van der Waals surface area contributed by atoms with Crippen molar-refractivity contribution in [1.82, 2.24) is 10.2 Å². The quantitative estimate of drug-likeness (QED) is 0.797. The van der Waals surface area contributed by atoms with E-state index in [9.17, 15) is 0 Å². The first-order valence-electron chi connectivity index (χ1n) is 7.95. The van der Waals surface area contributed by atoms with Gasteiger partial charge in [0.1, 0.15) is 12.4 Å². The molecule has 0 radical (unpaired) electrons. The average molecular weight is 292 g/mol. The summed E-state index contributed by atoms with van der Waals surface area (Å²) >= 11 is 0. The van der Waals surface area contributed by atoms with E-state index in [1.54, 1.807) is 0 Å². The normalized spacial score (nSPS) is 18.9. The lowest BCUT2D eigenvalue weighted by molar-refractivity contribution is -0.00284. The highest BCUT2D eigenvalue weighted by Gasteiger charge is 2.15. The summed E-state index contributed by atoms with van der Waals surface area (Å²) in [5.41, 5.74) is 1.21. The van der Waals surface area contributed by atoms with Crippen molar-refractivity contribution in [1.29, 1.82) is 0 Å². The number of para-hydroxylation sites is 1. The van der Waals surface area contributed by atoms with Gasteiger partial charge in [-0.25, -0.2) is 0 Å². The number of rotatable bonds is 8. The minimum absolute atomic E-state index is 0.403. The number of hydrogen-bond donors (Lipinski definition) is 1. The molecular weight excluding hydrogens is 264 g/mol. The Labute approximate surface area is 128 Å². The third kappa shape index (κ3) is 5.65. The van der Waals surface area contributed by atoms with Crippen molar-refractivity contribution in [2.75, 3.05) is 40.4 Å². The topological polar surface area (TPSA) is 33.7 Å². The van der Waals surface area contributed by atoms with Gasteiger partial charge in [0.2, 0.25) is 0 Å². The number of benzene rings is 1. The van der Waals surface area contributed by atoms with E-state index in [0.29, 0.717) is 12.7 Å². The molecule has 1 N–H and O–H groups in total. The van der Waals surface area contributed by atoms with Gasteiger partial charge in [-0.2, -0.15) is 0 Å². The maximum absolute atomic E-state index is 5.93. The number of nitrogens with one attached hydrogen (secondary N) is 1. The molecule has 1 unspecified atom stereocenters. The van der Waals surface area contributed by atoms with Gasteiger partial charge < -0.3 is 19.7 Å². The van der Waals surface area contributed by atoms with E-state index < -0.39 is 0 Å². The fourth-order valence-electron chi connectivity index (χ4n) is 2.68. The Hall–Kier alpha value is -1.10. The lowest BCUT2D eigenvalue weighted by Crippen LogP contribution is -2.35. The second-order valence-electron chi connectivity index (χ2n) is 5.74. The van der Waals surface area contributed by atoms with Crippen LogP contribution in [0.3, 0.4) is 0 Å². The first-order valence-corrected chi connectivity index (χ1v) is 7.95. The van der Waals surface area contributed by atoms with E-state index in [2.05, 4.69) is 23.3 Å². The molecule has 0 bridgehead atoms. The van der Waals surface area contributed by atoms with Crippen LogP contribution < -0.4 is 10.1 Å². The van der Waals surface area contributed by atoms with Crippen LogP contribution in [0.4, 0.5) is 0 Å². The van der Waals surface area contributed by atoms with Crippen molar-refractivity contribution in [3.8, 4) is 5.75 Å². The van der Waals surface area contributed by atoms with E-state index in [-0.39, 0.29) is 0 Å². The summed E-state index contributed by atoms with van der Waals surface area (Å²) in [6, 6.07) is 8.21. The molecule has 1 aliphatic rings. The molecular formula is C17H28N2O2. The molecule has 1 aromatic carbocycles. The molecule has 0 saturated carbocycles. The predicted octanol–water partition coefficient (Wildman–Crippen LogP) is 2.29. The van der Waals surface area contributed by atoms with Crippen LogP contribution in [0.2, 0.25) is 0 Å². The molecule has 21 heavy (non-hydrogen) atoms. The minimum Gasteiger partial charge on any atom is -0.492 e. The molecule has 4 nitrogen and oxygen atoms in total. The first kappa shape index (κ1) is 16.3. The average Bonchev–Trinajstić information content (AvgIpc) is 2.50. The SMILES string of the molecule is CNCc1ccccc1OCCN(C)CC1CCCCO1. The van der Waals surface area contributed by atoms with E-state index >= 15 is 0 Å². The van der Waals surface area contributed by atoms with Crippen molar-refractivity contribution >= 4 is 0 Å². The van der Waals surface area contributed by atoms with Crippen LogP contribution >= 0.6 is 0 Å². The lowest BCUT2D eigenvalue weighted by Gasteiger charge is -2.27. The Morgan fingerprint density at radius 3 is 2.95 bits per heavy atom. The van der Waals surface area contributed by atoms with Crippen molar-refractivity contribution in [3.63, 3.8) is 0 Å². The summed E-state index contributed by atoms with van der Waals surface area (Å²) in [5.74, 6) is 0.981. The van der Waals surface area contributed by atoms with E-state index in [1.807, 2.05) is 25.2 Å². The Morgan fingerprint density at radius 1 is 1.33 bits per heavy atom. The molecule has 1 atom stereocenters. The van der Waals surface area contributed by atoms with Crippen LogP contribution in [-0.4, -0.2) is 51.4 Å². The van der Waals surface area contributed by atoms with Gasteiger partial charge in [0.25, 0.3) is 0 Å². The summed E-state index contributed by atoms with van der Waals surface area (Å²) in [6.07, 6.45) is 4.11. The molecule has 1 saturated heterocycles. The van der Waals surface area contributed by atoms with Gasteiger partial charge >= 0.3 is 0 Å².